The van der Waals surface area contributed by atoms with Crippen LogP contribution < -0.4 is 5.32 Å². The van der Waals surface area contributed by atoms with Gasteiger partial charge in [-0.1, -0.05) is 31.9 Å². The largest absolute Gasteiger partial charge is 0.480 e. The molecule has 0 saturated carbocycles. The summed E-state index contributed by atoms with van der Waals surface area (Å²) in [5, 5.41) is 22.6. The predicted molar refractivity (Wildman–Crippen MR) is 106 cm³/mol. The minimum Gasteiger partial charge on any atom is -0.480 e. The van der Waals surface area contributed by atoms with Gasteiger partial charge in [0.25, 0.3) is 0 Å². The first kappa shape index (κ1) is 21.0. The van der Waals surface area contributed by atoms with Crippen LogP contribution >= 0.6 is 0 Å². The fraction of sp³-hybridized carbons (Fsp3) is 0.545. The summed E-state index contributed by atoms with van der Waals surface area (Å²) in [4.78, 5) is 40.5. The van der Waals surface area contributed by atoms with Crippen LogP contribution in [0, 0.1) is 23.2 Å². The lowest BCUT2D eigenvalue weighted by molar-refractivity contribution is -0.154. The van der Waals surface area contributed by atoms with Crippen LogP contribution in [-0.2, 0) is 14.4 Å². The molecule has 0 bridgehead atoms. The van der Waals surface area contributed by atoms with Crippen molar-refractivity contribution in [2.24, 2.45) is 11.8 Å². The van der Waals surface area contributed by atoms with Gasteiger partial charge in [-0.3, -0.25) is 24.6 Å². The molecule has 2 fully saturated rings. The number of nitrogens with one attached hydrogen (secondary N) is 1. The Labute approximate surface area is 170 Å². The number of nitriles is 1. The number of hydrogen-bond donors (Lipinski definition) is 2. The second-order valence-electron chi connectivity index (χ2n) is 8.93. The fourth-order valence-corrected chi connectivity index (χ4v) is 4.74. The zero-order chi connectivity index (χ0) is 21.6. The maximum atomic E-state index is 13.4. The van der Waals surface area contributed by atoms with E-state index >= 15 is 0 Å². The molecule has 4 atom stereocenters. The number of carboxylic acid groups (broad SMARTS) is 1. The predicted octanol–water partition coefficient (Wildman–Crippen LogP) is 2.62. The van der Waals surface area contributed by atoms with Crippen molar-refractivity contribution in [3.63, 3.8) is 0 Å². The van der Waals surface area contributed by atoms with Gasteiger partial charge in [0.15, 0.2) is 0 Å². The Hall–Kier alpha value is -2.72. The molecule has 2 aliphatic rings. The van der Waals surface area contributed by atoms with E-state index in [2.05, 4.69) is 11.4 Å². The molecule has 0 aliphatic carbocycles. The van der Waals surface area contributed by atoms with Crippen molar-refractivity contribution in [3.8, 4) is 6.07 Å². The molecule has 2 amide bonds. The Morgan fingerprint density at radius 2 is 2.00 bits per heavy atom. The molecule has 0 radical (unpaired) electrons. The molecule has 29 heavy (non-hydrogen) atoms. The Morgan fingerprint density at radius 3 is 2.55 bits per heavy atom. The summed E-state index contributed by atoms with van der Waals surface area (Å²) < 4.78 is 0. The third kappa shape index (κ3) is 3.22. The van der Waals surface area contributed by atoms with E-state index < -0.39 is 40.8 Å². The van der Waals surface area contributed by atoms with Crippen LogP contribution in [0.3, 0.4) is 0 Å². The van der Waals surface area contributed by atoms with E-state index in [0.29, 0.717) is 17.5 Å². The molecule has 3 rings (SSSR count). The topological polar surface area (TPSA) is 110 Å². The summed E-state index contributed by atoms with van der Waals surface area (Å²) in [6.45, 7) is 7.28. The average Bonchev–Trinajstić information content (AvgIpc) is 3.14. The lowest BCUT2D eigenvalue weighted by atomic mass is 9.76. The van der Waals surface area contributed by atoms with E-state index in [4.69, 9.17) is 0 Å². The van der Waals surface area contributed by atoms with Crippen molar-refractivity contribution >= 4 is 17.8 Å². The standard InChI is InChI=1S/C22H27N3O4/c1-5-6-10-22(20(28)29)16-15(18(26)25(19(16)27)21(2,3)4)17(24-22)14-9-7-8-13(11-14)12-23/h7-9,11,15-17,24H,5-6,10H2,1-4H3,(H,28,29). The van der Waals surface area contributed by atoms with Crippen molar-refractivity contribution in [2.45, 2.75) is 64.1 Å². The van der Waals surface area contributed by atoms with E-state index in [1.807, 2.05) is 6.92 Å². The maximum Gasteiger partial charge on any atom is 0.324 e. The Bertz CT molecular complexity index is 898. The number of carbonyl (C=O) groups excluding carboxylic acids is 2. The van der Waals surface area contributed by atoms with Crippen molar-refractivity contribution in [3.05, 3.63) is 35.4 Å². The summed E-state index contributed by atoms with van der Waals surface area (Å²) in [7, 11) is 0. The number of hydrogen-bond acceptors (Lipinski definition) is 5. The van der Waals surface area contributed by atoms with Gasteiger partial charge < -0.3 is 5.11 Å². The van der Waals surface area contributed by atoms with E-state index in [-0.39, 0.29) is 12.3 Å². The fourth-order valence-electron chi connectivity index (χ4n) is 4.74. The van der Waals surface area contributed by atoms with Gasteiger partial charge in [-0.15, -0.1) is 0 Å². The van der Waals surface area contributed by atoms with Crippen LogP contribution in [0.2, 0.25) is 0 Å². The van der Waals surface area contributed by atoms with E-state index in [1.54, 1.807) is 45.0 Å². The molecule has 2 heterocycles. The lowest BCUT2D eigenvalue weighted by Crippen LogP contribution is -2.57. The summed E-state index contributed by atoms with van der Waals surface area (Å²) in [5.74, 6) is -3.70. The molecule has 4 unspecified atom stereocenters. The number of likely N-dealkylation sites (tertiary alicyclic amines) is 1. The normalized spacial score (nSPS) is 29.1. The molecule has 0 spiro atoms. The summed E-state index contributed by atoms with van der Waals surface area (Å²) in [6, 6.07) is 8.21. The van der Waals surface area contributed by atoms with E-state index in [1.165, 1.54) is 4.90 Å². The van der Waals surface area contributed by atoms with Gasteiger partial charge in [0.2, 0.25) is 11.8 Å². The van der Waals surface area contributed by atoms with Gasteiger partial charge in [0.05, 0.1) is 23.5 Å². The minimum atomic E-state index is -1.51. The van der Waals surface area contributed by atoms with Gasteiger partial charge in [0, 0.05) is 11.6 Å². The molecule has 7 heteroatoms. The summed E-state index contributed by atoms with van der Waals surface area (Å²) >= 11 is 0. The smallest absolute Gasteiger partial charge is 0.324 e. The molecule has 2 N–H and O–H groups in total. The number of carboxylic acids is 1. The monoisotopic (exact) mass is 397 g/mol. The Morgan fingerprint density at radius 1 is 1.31 bits per heavy atom. The molecule has 2 aliphatic heterocycles. The quantitative estimate of drug-likeness (QED) is 0.739. The molecule has 0 aromatic heterocycles. The highest BCUT2D eigenvalue weighted by Crippen LogP contribution is 2.51. The first-order valence-corrected chi connectivity index (χ1v) is 9.97. The average molecular weight is 397 g/mol. The van der Waals surface area contributed by atoms with Crippen molar-refractivity contribution in [1.82, 2.24) is 10.2 Å². The summed E-state index contributed by atoms with van der Waals surface area (Å²) in [6.07, 6.45) is 1.64. The van der Waals surface area contributed by atoms with Gasteiger partial charge in [0.1, 0.15) is 5.54 Å². The highest BCUT2D eigenvalue weighted by atomic mass is 16.4. The van der Waals surface area contributed by atoms with Gasteiger partial charge in [-0.2, -0.15) is 5.26 Å². The van der Waals surface area contributed by atoms with Crippen LogP contribution in [-0.4, -0.2) is 38.9 Å². The zero-order valence-electron chi connectivity index (χ0n) is 17.2. The molecule has 154 valence electrons. The first-order chi connectivity index (χ1) is 13.6. The molecule has 1 aromatic rings. The molecule has 7 nitrogen and oxygen atoms in total. The number of carbonyl (C=O) groups is 3. The zero-order valence-corrected chi connectivity index (χ0v) is 17.2. The van der Waals surface area contributed by atoms with Crippen molar-refractivity contribution in [1.29, 1.82) is 5.26 Å². The molecular weight excluding hydrogens is 370 g/mol. The number of amides is 2. The lowest BCUT2D eigenvalue weighted by Gasteiger charge is -2.35. The van der Waals surface area contributed by atoms with Gasteiger partial charge in [-0.05, 0) is 44.9 Å². The first-order valence-electron chi connectivity index (χ1n) is 9.97. The van der Waals surface area contributed by atoms with Crippen LogP contribution in [0.25, 0.3) is 0 Å². The third-order valence-electron chi connectivity index (χ3n) is 6.01. The Balaban J connectivity index is 2.17. The van der Waals surface area contributed by atoms with E-state index in [9.17, 15) is 24.8 Å². The number of benzene rings is 1. The highest BCUT2D eigenvalue weighted by molar-refractivity contribution is 6.10. The number of fused-ring (bicyclic) bond motifs is 1. The van der Waals surface area contributed by atoms with Crippen molar-refractivity contribution in [2.75, 3.05) is 0 Å². The summed E-state index contributed by atoms with van der Waals surface area (Å²) in [5.41, 5.74) is -1.19. The SMILES string of the molecule is CCCCC1(C(=O)O)NC(c2cccc(C#N)c2)C2C(=O)N(C(C)(C)C)C(=O)C21. The number of imide groups is 1. The molecule has 1 aromatic carbocycles. The molecule has 2 saturated heterocycles. The van der Waals surface area contributed by atoms with Crippen LogP contribution in [0.4, 0.5) is 0 Å². The van der Waals surface area contributed by atoms with Gasteiger partial charge in [-0.25, -0.2) is 0 Å². The maximum absolute atomic E-state index is 13.4. The third-order valence-corrected chi connectivity index (χ3v) is 6.01. The second-order valence-corrected chi connectivity index (χ2v) is 8.93. The number of aliphatic carboxylic acids is 1. The number of nitrogens with zero attached hydrogens (tertiary/aromatic N) is 2. The Kier molecular flexibility index (Phi) is 5.26. The van der Waals surface area contributed by atoms with Crippen molar-refractivity contribution < 1.29 is 19.5 Å². The minimum absolute atomic E-state index is 0.255. The van der Waals surface area contributed by atoms with Crippen LogP contribution in [0.1, 0.15) is 64.1 Å². The second kappa shape index (κ2) is 7.27. The highest BCUT2D eigenvalue weighted by Gasteiger charge is 2.69. The number of unbranched alkanes of at least 4 members (excludes halogenated alkanes) is 1. The van der Waals surface area contributed by atoms with Crippen LogP contribution in [0.5, 0.6) is 0 Å². The molecular formula is C22H27N3O4. The van der Waals surface area contributed by atoms with E-state index in [0.717, 1.165) is 6.42 Å². The van der Waals surface area contributed by atoms with Crippen LogP contribution in [0.15, 0.2) is 24.3 Å². The number of rotatable bonds is 5. The van der Waals surface area contributed by atoms with Gasteiger partial charge >= 0.3 is 5.97 Å².